The average molecular weight is 273 g/mol. The molecule has 0 saturated carbocycles. The van der Waals surface area contributed by atoms with E-state index in [0.29, 0.717) is 5.56 Å². The molecule has 0 aliphatic rings. The highest BCUT2D eigenvalue weighted by atomic mass is 32.1. The van der Waals surface area contributed by atoms with Crippen LogP contribution in [0.15, 0.2) is 41.8 Å². The van der Waals surface area contributed by atoms with Gasteiger partial charge in [-0.3, -0.25) is 9.78 Å². The number of aryl methyl sites for hydroxylation is 1. The molecule has 2 aromatic rings. The van der Waals surface area contributed by atoms with Crippen molar-refractivity contribution in [3.8, 4) is 0 Å². The van der Waals surface area contributed by atoms with Gasteiger partial charge in [-0.15, -0.1) is 11.3 Å². The Hall–Kier alpha value is -2.01. The summed E-state index contributed by atoms with van der Waals surface area (Å²) in [6.45, 7) is 4.07. The van der Waals surface area contributed by atoms with E-state index in [1.54, 1.807) is 29.7 Å². The van der Waals surface area contributed by atoms with Gasteiger partial charge in [-0.25, -0.2) is 5.43 Å². The van der Waals surface area contributed by atoms with Gasteiger partial charge in [0.25, 0.3) is 5.91 Å². The zero-order valence-electron chi connectivity index (χ0n) is 10.9. The average Bonchev–Trinajstić information content (AvgIpc) is 2.87. The van der Waals surface area contributed by atoms with Crippen molar-refractivity contribution in [2.24, 2.45) is 5.10 Å². The summed E-state index contributed by atoms with van der Waals surface area (Å²) < 4.78 is 0. The fourth-order valence-corrected chi connectivity index (χ4v) is 2.50. The maximum absolute atomic E-state index is 11.8. The molecular weight excluding hydrogens is 258 g/mol. The summed E-state index contributed by atoms with van der Waals surface area (Å²) in [5.41, 5.74) is 3.96. The molecule has 1 amide bonds. The van der Waals surface area contributed by atoms with Crippen LogP contribution in [-0.4, -0.2) is 16.6 Å². The Kier molecular flexibility index (Phi) is 4.41. The Morgan fingerprint density at radius 1 is 1.42 bits per heavy atom. The van der Waals surface area contributed by atoms with Crippen LogP contribution in [0.4, 0.5) is 0 Å². The zero-order valence-corrected chi connectivity index (χ0v) is 11.7. The van der Waals surface area contributed by atoms with Gasteiger partial charge in [0, 0.05) is 17.3 Å². The van der Waals surface area contributed by atoms with Crippen LogP contribution in [0.3, 0.4) is 0 Å². The van der Waals surface area contributed by atoms with Crippen molar-refractivity contribution in [3.05, 3.63) is 52.0 Å². The highest BCUT2D eigenvalue weighted by Crippen LogP contribution is 2.17. The molecule has 2 rings (SSSR count). The normalized spacial score (nSPS) is 11.4. The monoisotopic (exact) mass is 273 g/mol. The minimum absolute atomic E-state index is 0.243. The van der Waals surface area contributed by atoms with Gasteiger partial charge in [0.15, 0.2) is 0 Å². The first-order valence-corrected chi connectivity index (χ1v) is 6.86. The fraction of sp³-hybridized carbons (Fsp3) is 0.214. The van der Waals surface area contributed by atoms with Gasteiger partial charge in [-0.2, -0.15) is 5.10 Å². The smallest absolute Gasteiger partial charge is 0.267 e. The molecule has 0 saturated heterocycles. The molecule has 4 nitrogen and oxygen atoms in total. The second-order valence-corrected chi connectivity index (χ2v) is 5.29. The quantitative estimate of drug-likeness (QED) is 0.687. The van der Waals surface area contributed by atoms with Crippen molar-refractivity contribution < 1.29 is 4.79 Å². The van der Waals surface area contributed by atoms with E-state index in [2.05, 4.69) is 22.4 Å². The van der Waals surface area contributed by atoms with Crippen LogP contribution in [0.2, 0.25) is 0 Å². The molecule has 0 radical (unpaired) electrons. The van der Waals surface area contributed by atoms with E-state index < -0.39 is 0 Å². The van der Waals surface area contributed by atoms with Crippen molar-refractivity contribution in [2.45, 2.75) is 20.3 Å². The second-order valence-electron chi connectivity index (χ2n) is 4.00. The van der Waals surface area contributed by atoms with E-state index in [1.165, 1.54) is 11.1 Å². The van der Waals surface area contributed by atoms with Crippen molar-refractivity contribution in [3.63, 3.8) is 0 Å². The first-order valence-electron chi connectivity index (χ1n) is 6.04. The second kappa shape index (κ2) is 6.24. The molecule has 2 heterocycles. The lowest BCUT2D eigenvalue weighted by Gasteiger charge is -2.02. The minimum Gasteiger partial charge on any atom is -0.267 e. The lowest BCUT2D eigenvalue weighted by molar-refractivity contribution is 0.0954. The van der Waals surface area contributed by atoms with E-state index >= 15 is 0 Å². The summed E-state index contributed by atoms with van der Waals surface area (Å²) in [6, 6.07) is 7.51. The molecule has 0 aliphatic carbocycles. The molecule has 0 aromatic carbocycles. The van der Waals surface area contributed by atoms with Gasteiger partial charge in [0.2, 0.25) is 0 Å². The van der Waals surface area contributed by atoms with Crippen LogP contribution in [0.25, 0.3) is 0 Å². The summed E-state index contributed by atoms with van der Waals surface area (Å²) in [5, 5.41) is 4.20. The van der Waals surface area contributed by atoms with Crippen LogP contribution < -0.4 is 5.43 Å². The van der Waals surface area contributed by atoms with E-state index in [4.69, 9.17) is 0 Å². The first kappa shape index (κ1) is 13.4. The van der Waals surface area contributed by atoms with E-state index in [1.807, 2.05) is 19.1 Å². The number of nitrogens with one attached hydrogen (secondary N) is 1. The summed E-state index contributed by atoms with van der Waals surface area (Å²) in [7, 11) is 0. The molecule has 98 valence electrons. The fourth-order valence-electron chi connectivity index (χ4n) is 1.58. The number of carbonyl (C=O) groups is 1. The number of nitrogens with zero attached hydrogens (tertiary/aromatic N) is 2. The number of amides is 1. The number of hydrogen-bond acceptors (Lipinski definition) is 4. The lowest BCUT2D eigenvalue weighted by atomic mass is 10.2. The molecule has 5 heteroatoms. The van der Waals surface area contributed by atoms with Gasteiger partial charge in [0.1, 0.15) is 0 Å². The Labute approximate surface area is 116 Å². The van der Waals surface area contributed by atoms with Crippen molar-refractivity contribution in [2.75, 3.05) is 0 Å². The molecule has 1 N–H and O–H groups in total. The maximum Gasteiger partial charge on any atom is 0.272 e. The topological polar surface area (TPSA) is 54.4 Å². The van der Waals surface area contributed by atoms with Gasteiger partial charge in [-0.05, 0) is 37.6 Å². The molecule has 0 atom stereocenters. The number of rotatable bonds is 4. The molecule has 0 fully saturated rings. The van der Waals surface area contributed by atoms with Gasteiger partial charge in [-0.1, -0.05) is 6.92 Å². The molecule has 2 aromatic heterocycles. The van der Waals surface area contributed by atoms with Gasteiger partial charge in [0.05, 0.1) is 16.2 Å². The third kappa shape index (κ3) is 3.48. The summed E-state index contributed by atoms with van der Waals surface area (Å²) in [6.07, 6.45) is 3.92. The van der Waals surface area contributed by atoms with Crippen molar-refractivity contribution in [1.82, 2.24) is 10.4 Å². The number of carbonyl (C=O) groups excluding carboxylic acids is 1. The van der Waals surface area contributed by atoms with Crippen molar-refractivity contribution >= 4 is 23.0 Å². The number of hydrazone groups is 1. The maximum atomic E-state index is 11.8. The van der Waals surface area contributed by atoms with Crippen molar-refractivity contribution in [1.29, 1.82) is 0 Å². The molecule has 0 spiro atoms. The first-order chi connectivity index (χ1) is 9.20. The SMILES string of the molecule is CC/C(=N\NC(=O)c1cccnc1)c1ccc(C)s1. The molecule has 19 heavy (non-hydrogen) atoms. The third-order valence-electron chi connectivity index (χ3n) is 2.58. The van der Waals surface area contributed by atoms with Gasteiger partial charge < -0.3 is 0 Å². The van der Waals surface area contributed by atoms with Crippen LogP contribution in [0.5, 0.6) is 0 Å². The number of thiophene rings is 1. The predicted molar refractivity (Wildman–Crippen MR) is 77.6 cm³/mol. The minimum atomic E-state index is -0.243. The van der Waals surface area contributed by atoms with Crippen LogP contribution in [0, 0.1) is 6.92 Å². The zero-order chi connectivity index (χ0) is 13.7. The number of aromatic nitrogens is 1. The predicted octanol–water partition coefficient (Wildman–Crippen LogP) is 3.00. The number of pyridine rings is 1. The molecule has 0 bridgehead atoms. The summed E-state index contributed by atoms with van der Waals surface area (Å²) in [4.78, 5) is 18.1. The largest absolute Gasteiger partial charge is 0.272 e. The van der Waals surface area contributed by atoms with E-state index in [0.717, 1.165) is 17.0 Å². The lowest BCUT2D eigenvalue weighted by Crippen LogP contribution is -2.19. The van der Waals surface area contributed by atoms with Crippen LogP contribution in [0.1, 0.15) is 33.5 Å². The van der Waals surface area contributed by atoms with Gasteiger partial charge >= 0.3 is 0 Å². The highest BCUT2D eigenvalue weighted by Gasteiger charge is 2.07. The standard InChI is InChI=1S/C14H15N3OS/c1-3-12(13-7-6-10(2)19-13)16-17-14(18)11-5-4-8-15-9-11/h4-9H,3H2,1-2H3,(H,17,18)/b16-12+. The summed E-state index contributed by atoms with van der Waals surface area (Å²) >= 11 is 1.67. The highest BCUT2D eigenvalue weighted by molar-refractivity contribution is 7.14. The molecule has 0 aliphatic heterocycles. The van der Waals surface area contributed by atoms with E-state index in [9.17, 15) is 4.79 Å². The van der Waals surface area contributed by atoms with Crippen LogP contribution in [-0.2, 0) is 0 Å². The molecule has 0 unspecified atom stereocenters. The third-order valence-corrected chi connectivity index (χ3v) is 3.63. The summed E-state index contributed by atoms with van der Waals surface area (Å²) in [5.74, 6) is -0.243. The Morgan fingerprint density at radius 3 is 2.84 bits per heavy atom. The molecular formula is C14H15N3OS. The Morgan fingerprint density at radius 2 is 2.26 bits per heavy atom. The van der Waals surface area contributed by atoms with E-state index in [-0.39, 0.29) is 5.91 Å². The Bertz CT molecular complexity index is 590. The van der Waals surface area contributed by atoms with Crippen LogP contribution >= 0.6 is 11.3 Å². The Balaban J connectivity index is 2.10. The number of hydrogen-bond donors (Lipinski definition) is 1.